The third-order valence-corrected chi connectivity index (χ3v) is 4.99. The van der Waals surface area contributed by atoms with Crippen molar-refractivity contribution in [3.8, 4) is 11.5 Å². The van der Waals surface area contributed by atoms with Crippen LogP contribution in [0.4, 0.5) is 4.39 Å². The van der Waals surface area contributed by atoms with Crippen molar-refractivity contribution in [2.24, 2.45) is 0 Å². The molecular formula is C19H15ClFNO3S2. The van der Waals surface area contributed by atoms with Crippen molar-refractivity contribution in [1.29, 1.82) is 0 Å². The van der Waals surface area contributed by atoms with Gasteiger partial charge in [0, 0.05) is 0 Å². The third kappa shape index (κ3) is 5.00. The van der Waals surface area contributed by atoms with Crippen LogP contribution in [0.15, 0.2) is 41.3 Å². The highest BCUT2D eigenvalue weighted by atomic mass is 35.5. The number of amides is 1. The number of halogens is 2. The van der Waals surface area contributed by atoms with Crippen LogP contribution in [-0.2, 0) is 11.4 Å². The van der Waals surface area contributed by atoms with E-state index in [0.29, 0.717) is 43.5 Å². The highest BCUT2D eigenvalue weighted by Crippen LogP contribution is 2.38. The first-order valence-electron chi connectivity index (χ1n) is 8.04. The number of hydrogen-bond donors (Lipinski definition) is 1. The summed E-state index contributed by atoms with van der Waals surface area (Å²) < 4.78 is 25.1. The number of rotatable bonds is 6. The zero-order chi connectivity index (χ0) is 19.4. The Labute approximate surface area is 170 Å². The Morgan fingerprint density at radius 1 is 1.30 bits per heavy atom. The van der Waals surface area contributed by atoms with Gasteiger partial charge in [0.05, 0.1) is 16.5 Å². The van der Waals surface area contributed by atoms with Crippen LogP contribution in [0, 0.1) is 5.82 Å². The van der Waals surface area contributed by atoms with E-state index < -0.39 is 0 Å². The number of thiocarbonyl (C=S) groups is 1. The summed E-state index contributed by atoms with van der Waals surface area (Å²) in [6.07, 6.45) is 1.68. The average molecular weight is 424 g/mol. The quantitative estimate of drug-likeness (QED) is 0.526. The monoisotopic (exact) mass is 423 g/mol. The topological polar surface area (TPSA) is 47.6 Å². The van der Waals surface area contributed by atoms with Crippen molar-refractivity contribution in [2.75, 3.05) is 6.61 Å². The number of carbonyl (C=O) groups excluding carboxylic acids is 1. The molecule has 0 spiro atoms. The van der Waals surface area contributed by atoms with Crippen LogP contribution in [0.3, 0.4) is 0 Å². The zero-order valence-electron chi connectivity index (χ0n) is 14.3. The summed E-state index contributed by atoms with van der Waals surface area (Å²) in [6.45, 7) is 2.39. The number of benzene rings is 2. The minimum Gasteiger partial charge on any atom is -0.490 e. The molecule has 1 heterocycles. The minimum absolute atomic E-state index is 0.143. The molecule has 1 aliphatic heterocycles. The van der Waals surface area contributed by atoms with E-state index in [2.05, 4.69) is 5.32 Å². The molecule has 2 aromatic rings. The lowest BCUT2D eigenvalue weighted by molar-refractivity contribution is -0.115. The molecule has 1 fully saturated rings. The molecule has 1 amide bonds. The smallest absolute Gasteiger partial charge is 0.263 e. The molecule has 1 aliphatic rings. The lowest BCUT2D eigenvalue weighted by Gasteiger charge is -2.14. The summed E-state index contributed by atoms with van der Waals surface area (Å²) in [5.74, 6) is 0.230. The van der Waals surface area contributed by atoms with Gasteiger partial charge in [0.25, 0.3) is 5.91 Å². The lowest BCUT2D eigenvalue weighted by atomic mass is 10.1. The fourth-order valence-electron chi connectivity index (χ4n) is 2.43. The normalized spacial score (nSPS) is 15.1. The van der Waals surface area contributed by atoms with Crippen LogP contribution in [0.1, 0.15) is 18.1 Å². The van der Waals surface area contributed by atoms with Gasteiger partial charge in [-0.15, -0.1) is 0 Å². The van der Waals surface area contributed by atoms with Crippen LogP contribution in [-0.4, -0.2) is 16.8 Å². The number of hydrogen-bond acceptors (Lipinski definition) is 5. The van der Waals surface area contributed by atoms with Gasteiger partial charge in [-0.25, -0.2) is 4.39 Å². The summed E-state index contributed by atoms with van der Waals surface area (Å²) in [5, 5.41) is 2.89. The van der Waals surface area contributed by atoms with Crippen molar-refractivity contribution >= 4 is 51.9 Å². The van der Waals surface area contributed by atoms with Crippen LogP contribution in [0.2, 0.25) is 5.02 Å². The van der Waals surface area contributed by atoms with E-state index in [9.17, 15) is 9.18 Å². The summed E-state index contributed by atoms with van der Waals surface area (Å²) in [5.41, 5.74) is 1.36. The molecule has 1 saturated heterocycles. The highest BCUT2D eigenvalue weighted by molar-refractivity contribution is 8.26. The number of ether oxygens (including phenoxy) is 2. The van der Waals surface area contributed by atoms with Crippen molar-refractivity contribution in [1.82, 2.24) is 5.32 Å². The first-order chi connectivity index (χ1) is 13.0. The summed E-state index contributed by atoms with van der Waals surface area (Å²) in [4.78, 5) is 12.3. The SMILES string of the molecule is CCOc1cc(/C=C2\SC(=S)NC2=O)cc(Cl)c1OCc1cccc(F)c1. The summed E-state index contributed by atoms with van der Waals surface area (Å²) >= 11 is 12.6. The Kier molecular flexibility index (Phi) is 6.36. The number of thioether (sulfide) groups is 1. The van der Waals surface area contributed by atoms with Gasteiger partial charge >= 0.3 is 0 Å². The van der Waals surface area contributed by atoms with Crippen molar-refractivity contribution in [2.45, 2.75) is 13.5 Å². The number of carbonyl (C=O) groups is 1. The predicted octanol–water partition coefficient (Wildman–Crippen LogP) is 4.95. The van der Waals surface area contributed by atoms with Gasteiger partial charge in [-0.2, -0.15) is 0 Å². The average Bonchev–Trinajstić information content (AvgIpc) is 2.91. The van der Waals surface area contributed by atoms with Gasteiger partial charge < -0.3 is 14.8 Å². The van der Waals surface area contributed by atoms with Crippen molar-refractivity contribution < 1.29 is 18.7 Å². The first kappa shape index (κ1) is 19.7. The maximum atomic E-state index is 13.3. The van der Waals surface area contributed by atoms with Gasteiger partial charge in [-0.3, -0.25) is 4.79 Å². The minimum atomic E-state index is -0.334. The molecule has 0 saturated carbocycles. The van der Waals surface area contributed by atoms with E-state index in [4.69, 9.17) is 33.3 Å². The molecular weight excluding hydrogens is 409 g/mol. The van der Waals surface area contributed by atoms with Gasteiger partial charge in [0.15, 0.2) is 11.5 Å². The van der Waals surface area contributed by atoms with Gasteiger partial charge in [-0.05, 0) is 48.4 Å². The molecule has 27 heavy (non-hydrogen) atoms. The second-order valence-corrected chi connectivity index (χ2v) is 7.66. The predicted molar refractivity (Wildman–Crippen MR) is 110 cm³/mol. The Morgan fingerprint density at radius 3 is 2.78 bits per heavy atom. The van der Waals surface area contributed by atoms with Crippen LogP contribution in [0.25, 0.3) is 6.08 Å². The standard InChI is InChI=1S/C19H15ClFNO3S2/c1-2-24-15-8-12(9-16-18(23)22-19(26)27-16)7-14(20)17(15)25-10-11-4-3-5-13(21)6-11/h3-9H,2,10H2,1H3,(H,22,23,26)/b16-9-. The Morgan fingerprint density at radius 2 is 2.11 bits per heavy atom. The molecule has 0 atom stereocenters. The van der Waals surface area contributed by atoms with Crippen LogP contribution in [0.5, 0.6) is 11.5 Å². The third-order valence-electron chi connectivity index (χ3n) is 3.54. The maximum absolute atomic E-state index is 13.3. The number of nitrogens with one attached hydrogen (secondary N) is 1. The molecule has 0 aromatic heterocycles. The second kappa shape index (κ2) is 8.73. The largest absolute Gasteiger partial charge is 0.490 e. The molecule has 3 rings (SSSR count). The first-order valence-corrected chi connectivity index (χ1v) is 9.65. The molecule has 4 nitrogen and oxygen atoms in total. The van der Waals surface area contributed by atoms with Crippen LogP contribution < -0.4 is 14.8 Å². The van der Waals surface area contributed by atoms with Gasteiger partial charge in [0.2, 0.25) is 0 Å². The maximum Gasteiger partial charge on any atom is 0.263 e. The van der Waals surface area contributed by atoms with E-state index in [1.54, 1.807) is 30.3 Å². The second-order valence-electron chi connectivity index (χ2n) is 5.53. The summed E-state index contributed by atoms with van der Waals surface area (Å²) in [6, 6.07) is 9.54. The molecule has 0 aliphatic carbocycles. The Bertz CT molecular complexity index is 933. The molecule has 2 aromatic carbocycles. The van der Waals surface area contributed by atoms with Crippen molar-refractivity contribution in [3.05, 3.63) is 63.3 Å². The molecule has 0 radical (unpaired) electrons. The van der Waals surface area contributed by atoms with Crippen LogP contribution >= 0.6 is 35.6 Å². The van der Waals surface area contributed by atoms with Crippen molar-refractivity contribution in [3.63, 3.8) is 0 Å². The fraction of sp³-hybridized carbons (Fsp3) is 0.158. The molecule has 8 heteroatoms. The molecule has 0 unspecified atom stereocenters. The zero-order valence-corrected chi connectivity index (χ0v) is 16.6. The van der Waals surface area contributed by atoms with E-state index in [1.807, 2.05) is 6.92 Å². The molecule has 140 valence electrons. The van der Waals surface area contributed by atoms with Gasteiger partial charge in [0.1, 0.15) is 16.7 Å². The highest BCUT2D eigenvalue weighted by Gasteiger charge is 2.22. The lowest BCUT2D eigenvalue weighted by Crippen LogP contribution is -2.17. The Hall–Kier alpha value is -2.09. The molecule has 1 N–H and O–H groups in total. The van der Waals surface area contributed by atoms with Gasteiger partial charge in [-0.1, -0.05) is 47.7 Å². The van der Waals surface area contributed by atoms with E-state index in [1.165, 1.54) is 23.9 Å². The Balaban J connectivity index is 1.87. The summed E-state index contributed by atoms with van der Waals surface area (Å²) in [7, 11) is 0. The fourth-order valence-corrected chi connectivity index (χ4v) is 3.75. The molecule has 0 bridgehead atoms. The van der Waals surface area contributed by atoms with E-state index >= 15 is 0 Å². The van der Waals surface area contributed by atoms with E-state index in [0.717, 1.165) is 0 Å². The van der Waals surface area contributed by atoms with E-state index in [-0.39, 0.29) is 18.3 Å².